The number of hydrogen-bond acceptors (Lipinski definition) is 2. The van der Waals surface area contributed by atoms with Crippen molar-refractivity contribution in [1.82, 2.24) is 14.7 Å². The summed E-state index contributed by atoms with van der Waals surface area (Å²) in [6.07, 6.45) is 7.13. The highest BCUT2D eigenvalue weighted by atomic mass is 79.9. The monoisotopic (exact) mass is 325 g/mol. The first-order valence-electron chi connectivity index (χ1n) is 7.66. The van der Waals surface area contributed by atoms with Crippen molar-refractivity contribution < 1.29 is 0 Å². The fraction of sp³-hybridized carbons (Fsp3) is 0.800. The van der Waals surface area contributed by atoms with E-state index in [1.807, 2.05) is 0 Å². The molecule has 1 saturated carbocycles. The highest BCUT2D eigenvalue weighted by Crippen LogP contribution is 2.37. The van der Waals surface area contributed by atoms with E-state index in [2.05, 4.69) is 44.5 Å². The van der Waals surface area contributed by atoms with Crippen molar-refractivity contribution >= 4 is 15.9 Å². The molecule has 4 heteroatoms. The number of rotatable bonds is 3. The van der Waals surface area contributed by atoms with E-state index < -0.39 is 0 Å². The predicted octanol–water partition coefficient (Wildman–Crippen LogP) is 3.74. The number of aryl methyl sites for hydroxylation is 2. The molecule has 2 heterocycles. The fourth-order valence-corrected chi connectivity index (χ4v) is 4.32. The minimum Gasteiger partial charge on any atom is -0.294 e. The third-order valence-corrected chi connectivity index (χ3v) is 5.96. The summed E-state index contributed by atoms with van der Waals surface area (Å²) in [5.74, 6) is 0.964. The minimum absolute atomic E-state index is 0.834. The molecule has 2 fully saturated rings. The molecule has 3 rings (SSSR count). The van der Waals surface area contributed by atoms with Gasteiger partial charge in [0.05, 0.1) is 15.9 Å². The van der Waals surface area contributed by atoms with Crippen LogP contribution in [0.4, 0.5) is 0 Å². The maximum atomic E-state index is 4.62. The second-order valence-electron chi connectivity index (χ2n) is 6.03. The van der Waals surface area contributed by atoms with Crippen LogP contribution in [0.3, 0.4) is 0 Å². The van der Waals surface area contributed by atoms with Crippen LogP contribution >= 0.6 is 15.9 Å². The van der Waals surface area contributed by atoms with Gasteiger partial charge in [-0.3, -0.25) is 9.58 Å². The Bertz CT molecular complexity index is 454. The number of halogens is 1. The second-order valence-corrected chi connectivity index (χ2v) is 6.83. The number of likely N-dealkylation sites (tertiary alicyclic amines) is 1. The van der Waals surface area contributed by atoms with Crippen LogP contribution in [0.15, 0.2) is 4.47 Å². The SMILES string of the molecule is CCn1nc(C)c(Br)c1CN1CCC2CCCCC21. The van der Waals surface area contributed by atoms with Crippen LogP contribution in [0.5, 0.6) is 0 Å². The molecular formula is C15H24BrN3. The Balaban J connectivity index is 1.78. The van der Waals surface area contributed by atoms with Crippen molar-refractivity contribution in [3.63, 3.8) is 0 Å². The van der Waals surface area contributed by atoms with E-state index in [9.17, 15) is 0 Å². The lowest BCUT2D eigenvalue weighted by Gasteiger charge is -2.31. The summed E-state index contributed by atoms with van der Waals surface area (Å²) in [4.78, 5) is 2.71. The van der Waals surface area contributed by atoms with Crippen LogP contribution in [0.25, 0.3) is 0 Å². The first-order chi connectivity index (χ1) is 9.20. The molecule has 0 radical (unpaired) electrons. The van der Waals surface area contributed by atoms with E-state index >= 15 is 0 Å². The molecule has 1 aliphatic carbocycles. The van der Waals surface area contributed by atoms with Crippen LogP contribution in [0.2, 0.25) is 0 Å². The van der Waals surface area contributed by atoms with Gasteiger partial charge < -0.3 is 0 Å². The lowest BCUT2D eigenvalue weighted by Crippen LogP contribution is -2.34. The lowest BCUT2D eigenvalue weighted by atomic mass is 9.85. The van der Waals surface area contributed by atoms with Gasteiger partial charge in [-0.15, -0.1) is 0 Å². The summed E-state index contributed by atoms with van der Waals surface area (Å²) in [5, 5.41) is 4.62. The summed E-state index contributed by atoms with van der Waals surface area (Å²) in [7, 11) is 0. The molecule has 0 N–H and O–H groups in total. The zero-order chi connectivity index (χ0) is 13.4. The molecule has 0 spiro atoms. The smallest absolute Gasteiger partial charge is 0.0739 e. The zero-order valence-electron chi connectivity index (χ0n) is 12.0. The molecular weight excluding hydrogens is 302 g/mol. The van der Waals surface area contributed by atoms with E-state index in [1.54, 1.807) is 0 Å². The first-order valence-corrected chi connectivity index (χ1v) is 8.45. The molecule has 2 atom stereocenters. The molecule has 106 valence electrons. The van der Waals surface area contributed by atoms with Crippen LogP contribution in [0, 0.1) is 12.8 Å². The molecule has 2 aliphatic rings. The Labute approximate surface area is 124 Å². The largest absolute Gasteiger partial charge is 0.294 e. The Hall–Kier alpha value is -0.350. The fourth-order valence-electron chi connectivity index (χ4n) is 3.91. The Kier molecular flexibility index (Phi) is 3.99. The van der Waals surface area contributed by atoms with Crippen LogP contribution in [-0.2, 0) is 13.1 Å². The standard InChI is InChI=1S/C15H24BrN3/c1-3-19-14(15(16)11(2)17-19)10-18-9-8-12-6-4-5-7-13(12)18/h12-13H,3-10H2,1-2H3. The van der Waals surface area contributed by atoms with E-state index in [0.717, 1.165) is 30.7 Å². The van der Waals surface area contributed by atoms with Crippen LogP contribution < -0.4 is 0 Å². The van der Waals surface area contributed by atoms with Gasteiger partial charge in [0.25, 0.3) is 0 Å². The van der Waals surface area contributed by atoms with Crippen molar-refractivity contribution in [3.8, 4) is 0 Å². The minimum atomic E-state index is 0.834. The molecule has 1 saturated heterocycles. The number of aromatic nitrogens is 2. The van der Waals surface area contributed by atoms with Gasteiger partial charge in [0, 0.05) is 19.1 Å². The number of hydrogen-bond donors (Lipinski definition) is 0. The van der Waals surface area contributed by atoms with Gasteiger partial charge in [-0.05, 0) is 61.5 Å². The topological polar surface area (TPSA) is 21.1 Å². The first kappa shape index (κ1) is 13.6. The molecule has 2 unspecified atom stereocenters. The third-order valence-electron chi connectivity index (χ3n) is 4.93. The summed E-state index contributed by atoms with van der Waals surface area (Å²) < 4.78 is 3.38. The van der Waals surface area contributed by atoms with Gasteiger partial charge in [-0.25, -0.2) is 0 Å². The van der Waals surface area contributed by atoms with Crippen LogP contribution in [0.1, 0.15) is 50.4 Å². The average molecular weight is 326 g/mol. The maximum absolute atomic E-state index is 4.62. The van der Waals surface area contributed by atoms with Gasteiger partial charge in [-0.1, -0.05) is 12.8 Å². The summed E-state index contributed by atoms with van der Waals surface area (Å²) >= 11 is 3.73. The molecule has 19 heavy (non-hydrogen) atoms. The zero-order valence-corrected chi connectivity index (χ0v) is 13.6. The van der Waals surface area contributed by atoms with Gasteiger partial charge in [-0.2, -0.15) is 5.10 Å². The predicted molar refractivity (Wildman–Crippen MR) is 81.1 cm³/mol. The summed E-state index contributed by atoms with van der Waals surface area (Å²) in [5.41, 5.74) is 2.49. The molecule has 3 nitrogen and oxygen atoms in total. The van der Waals surface area contributed by atoms with E-state index in [4.69, 9.17) is 0 Å². The van der Waals surface area contributed by atoms with Crippen molar-refractivity contribution in [3.05, 3.63) is 15.9 Å². The van der Waals surface area contributed by atoms with Gasteiger partial charge >= 0.3 is 0 Å². The molecule has 1 aromatic rings. The Morgan fingerprint density at radius 1 is 1.26 bits per heavy atom. The quantitative estimate of drug-likeness (QED) is 0.844. The highest BCUT2D eigenvalue weighted by Gasteiger charge is 2.36. The number of nitrogens with zero attached hydrogens (tertiary/aromatic N) is 3. The molecule has 0 bridgehead atoms. The van der Waals surface area contributed by atoms with Crippen molar-refractivity contribution in [2.45, 2.75) is 65.1 Å². The summed E-state index contributed by atoms with van der Waals surface area (Å²) in [6.45, 7) is 7.57. The molecule has 1 aliphatic heterocycles. The van der Waals surface area contributed by atoms with E-state index in [0.29, 0.717) is 0 Å². The van der Waals surface area contributed by atoms with Crippen molar-refractivity contribution in [1.29, 1.82) is 0 Å². The Morgan fingerprint density at radius 2 is 2.05 bits per heavy atom. The lowest BCUT2D eigenvalue weighted by molar-refractivity contribution is 0.172. The third kappa shape index (κ3) is 2.49. The molecule has 0 amide bonds. The van der Waals surface area contributed by atoms with E-state index in [-0.39, 0.29) is 0 Å². The number of fused-ring (bicyclic) bond motifs is 1. The Morgan fingerprint density at radius 3 is 2.84 bits per heavy atom. The van der Waals surface area contributed by atoms with Gasteiger partial charge in [0.1, 0.15) is 0 Å². The highest BCUT2D eigenvalue weighted by molar-refractivity contribution is 9.10. The second kappa shape index (κ2) is 5.57. The van der Waals surface area contributed by atoms with Crippen LogP contribution in [-0.4, -0.2) is 27.3 Å². The maximum Gasteiger partial charge on any atom is 0.0739 e. The van der Waals surface area contributed by atoms with Crippen molar-refractivity contribution in [2.75, 3.05) is 6.54 Å². The molecule has 0 aromatic carbocycles. The summed E-state index contributed by atoms with van der Waals surface area (Å²) in [6, 6.07) is 0.834. The van der Waals surface area contributed by atoms with Gasteiger partial charge in [0.15, 0.2) is 0 Å². The van der Waals surface area contributed by atoms with E-state index in [1.165, 1.54) is 48.8 Å². The van der Waals surface area contributed by atoms with Gasteiger partial charge in [0.2, 0.25) is 0 Å². The average Bonchev–Trinajstić information content (AvgIpc) is 2.95. The molecule has 1 aromatic heterocycles. The van der Waals surface area contributed by atoms with Crippen molar-refractivity contribution in [2.24, 2.45) is 5.92 Å². The normalized spacial score (nSPS) is 27.7.